The number of hydrogen-bond donors (Lipinski definition) is 0. The maximum Gasteiger partial charge on any atom is 0.0483 e. The van der Waals surface area contributed by atoms with Gasteiger partial charge in [-0.1, -0.05) is 0 Å². The Labute approximate surface area is 49.3 Å². The fraction of sp³-hybridized carbons (Fsp3) is 0.286. The van der Waals surface area contributed by atoms with Gasteiger partial charge < -0.3 is 4.74 Å². The van der Waals surface area contributed by atoms with Crippen LogP contribution in [0.2, 0.25) is 0 Å². The first-order valence-electron chi connectivity index (χ1n) is 2.63. The van der Waals surface area contributed by atoms with Crippen LogP contribution in [0.15, 0.2) is 24.3 Å². The molecule has 0 bridgehead atoms. The van der Waals surface area contributed by atoms with Gasteiger partial charge in [-0.2, -0.15) is 12.1 Å². The van der Waals surface area contributed by atoms with Crippen LogP contribution in [-0.2, 0) is 11.3 Å². The maximum atomic E-state index is 4.89. The molecule has 1 heteroatoms. The molecule has 0 unspecified atom stereocenters. The van der Waals surface area contributed by atoms with Crippen LogP contribution in [0.25, 0.3) is 0 Å². The molecule has 1 aromatic carbocycles. The van der Waals surface area contributed by atoms with Gasteiger partial charge in [0.25, 0.3) is 0 Å². The lowest BCUT2D eigenvalue weighted by Gasteiger charge is -1.96. The van der Waals surface area contributed by atoms with Gasteiger partial charge in [0.2, 0.25) is 0 Å². The van der Waals surface area contributed by atoms with E-state index in [1.165, 1.54) is 5.56 Å². The summed E-state index contributed by atoms with van der Waals surface area (Å²) < 4.78 is 4.89. The minimum Gasteiger partial charge on any atom is -0.382 e. The minimum absolute atomic E-state index is 0.729. The Kier molecular flexibility index (Phi) is 1.75. The van der Waals surface area contributed by atoms with Crippen molar-refractivity contribution in [3.05, 3.63) is 29.8 Å². The summed E-state index contributed by atoms with van der Waals surface area (Å²) in [4.78, 5) is 0. The number of ether oxygens (including phenoxy) is 1. The van der Waals surface area contributed by atoms with Gasteiger partial charge in [0.15, 0.2) is 0 Å². The van der Waals surface area contributed by atoms with E-state index in [4.69, 9.17) is 4.74 Å². The van der Waals surface area contributed by atoms with Crippen LogP contribution in [0.5, 0.6) is 0 Å². The zero-order valence-corrected chi connectivity index (χ0v) is 4.92. The predicted octanol–water partition coefficient (Wildman–Crippen LogP) is 1.55. The van der Waals surface area contributed by atoms with E-state index < -0.39 is 0 Å². The van der Waals surface area contributed by atoms with E-state index >= 15 is 0 Å². The summed E-state index contributed by atoms with van der Waals surface area (Å²) in [7, 11) is 1.70. The standard InChI is InChI=1S/C7H9O/c1-8-6-7-4-2-3-5-7/h2-5H,6H2,1H3/q-1. The highest BCUT2D eigenvalue weighted by Gasteiger charge is 1.77. The summed E-state index contributed by atoms with van der Waals surface area (Å²) in [5.41, 5.74) is 1.24. The lowest BCUT2D eigenvalue weighted by atomic mass is 10.4. The average Bonchev–Trinajstić information content (AvgIpc) is 2.19. The van der Waals surface area contributed by atoms with Crippen molar-refractivity contribution in [1.29, 1.82) is 0 Å². The van der Waals surface area contributed by atoms with Crippen LogP contribution in [0.3, 0.4) is 0 Å². The summed E-state index contributed by atoms with van der Waals surface area (Å²) in [5, 5.41) is 0. The van der Waals surface area contributed by atoms with Gasteiger partial charge in [-0.3, -0.25) is 0 Å². The normalized spacial score (nSPS) is 9.62. The zero-order valence-electron chi connectivity index (χ0n) is 4.92. The van der Waals surface area contributed by atoms with Crippen molar-refractivity contribution in [1.82, 2.24) is 0 Å². The van der Waals surface area contributed by atoms with E-state index in [0.717, 1.165) is 6.61 Å². The highest BCUT2D eigenvalue weighted by molar-refractivity contribution is 5.14. The lowest BCUT2D eigenvalue weighted by Crippen LogP contribution is -1.80. The second kappa shape index (κ2) is 2.58. The van der Waals surface area contributed by atoms with E-state index in [9.17, 15) is 0 Å². The molecule has 0 aromatic heterocycles. The Morgan fingerprint density at radius 1 is 1.75 bits per heavy atom. The minimum atomic E-state index is 0.729. The first-order chi connectivity index (χ1) is 3.93. The van der Waals surface area contributed by atoms with Crippen molar-refractivity contribution < 1.29 is 4.74 Å². The van der Waals surface area contributed by atoms with Crippen LogP contribution in [0.1, 0.15) is 5.56 Å². The molecule has 0 heterocycles. The van der Waals surface area contributed by atoms with Crippen LogP contribution in [0, 0.1) is 0 Å². The molecule has 0 aliphatic heterocycles. The highest BCUT2D eigenvalue weighted by Crippen LogP contribution is 1.99. The van der Waals surface area contributed by atoms with Gasteiger partial charge in [-0.15, -0.1) is 5.56 Å². The van der Waals surface area contributed by atoms with Crippen LogP contribution >= 0.6 is 0 Å². The predicted molar refractivity (Wildman–Crippen MR) is 32.7 cm³/mol. The van der Waals surface area contributed by atoms with Crippen molar-refractivity contribution in [3.8, 4) is 0 Å². The van der Waals surface area contributed by atoms with Crippen molar-refractivity contribution in [2.24, 2.45) is 0 Å². The van der Waals surface area contributed by atoms with Crippen molar-refractivity contribution in [2.75, 3.05) is 7.11 Å². The fourth-order valence-electron chi connectivity index (χ4n) is 0.677. The summed E-state index contributed by atoms with van der Waals surface area (Å²) in [5.74, 6) is 0. The molecule has 1 rings (SSSR count). The SMILES string of the molecule is COCc1ccc[cH-]1. The lowest BCUT2D eigenvalue weighted by molar-refractivity contribution is 0.185. The molecule has 0 fully saturated rings. The van der Waals surface area contributed by atoms with Crippen LogP contribution in [0.4, 0.5) is 0 Å². The molecule has 0 spiro atoms. The third-order valence-electron chi connectivity index (χ3n) is 1.04. The topological polar surface area (TPSA) is 9.23 Å². The molecule has 1 nitrogen and oxygen atoms in total. The molecule has 0 atom stereocenters. The third kappa shape index (κ3) is 1.14. The van der Waals surface area contributed by atoms with Crippen LogP contribution in [-0.4, -0.2) is 7.11 Å². The molecule has 0 radical (unpaired) electrons. The molecule has 8 heavy (non-hydrogen) atoms. The van der Waals surface area contributed by atoms with Crippen molar-refractivity contribution in [2.45, 2.75) is 6.61 Å². The molecule has 1 aromatic rings. The van der Waals surface area contributed by atoms with Gasteiger partial charge in [-0.25, -0.2) is 12.1 Å². The van der Waals surface area contributed by atoms with Gasteiger partial charge in [0, 0.05) is 13.7 Å². The smallest absolute Gasteiger partial charge is 0.0483 e. The van der Waals surface area contributed by atoms with Crippen LogP contribution < -0.4 is 0 Å². The van der Waals surface area contributed by atoms with Crippen molar-refractivity contribution >= 4 is 0 Å². The number of rotatable bonds is 2. The van der Waals surface area contributed by atoms with E-state index in [0.29, 0.717) is 0 Å². The molecule has 44 valence electrons. The number of methoxy groups -OCH3 is 1. The molecule has 0 saturated carbocycles. The Balaban J connectivity index is 2.50. The molecule has 0 saturated heterocycles. The summed E-state index contributed by atoms with van der Waals surface area (Å²) in [6.07, 6.45) is 0. The second-order valence-corrected chi connectivity index (χ2v) is 1.73. The van der Waals surface area contributed by atoms with Gasteiger partial charge in [0.05, 0.1) is 0 Å². The molecular formula is C7H9O-. The van der Waals surface area contributed by atoms with Gasteiger partial charge in [0.1, 0.15) is 0 Å². The van der Waals surface area contributed by atoms with Gasteiger partial charge >= 0.3 is 0 Å². The summed E-state index contributed by atoms with van der Waals surface area (Å²) >= 11 is 0. The zero-order chi connectivity index (χ0) is 5.82. The summed E-state index contributed by atoms with van der Waals surface area (Å²) in [6, 6.07) is 8.11. The van der Waals surface area contributed by atoms with Gasteiger partial charge in [-0.05, 0) is 0 Å². The summed E-state index contributed by atoms with van der Waals surface area (Å²) in [6.45, 7) is 0.729. The monoisotopic (exact) mass is 109 g/mol. The quantitative estimate of drug-likeness (QED) is 0.523. The molecule has 0 aliphatic rings. The molecule has 0 aliphatic carbocycles. The Morgan fingerprint density at radius 3 is 3.12 bits per heavy atom. The highest BCUT2D eigenvalue weighted by atomic mass is 16.5. The molecule has 0 amide bonds. The Bertz CT molecular complexity index is 130. The first kappa shape index (κ1) is 5.45. The molecular weight excluding hydrogens is 100 g/mol. The largest absolute Gasteiger partial charge is 0.382 e. The third-order valence-corrected chi connectivity index (χ3v) is 1.04. The van der Waals surface area contributed by atoms with E-state index in [-0.39, 0.29) is 0 Å². The molecule has 0 N–H and O–H groups in total. The van der Waals surface area contributed by atoms with E-state index in [1.807, 2.05) is 24.3 Å². The Morgan fingerprint density at radius 2 is 2.62 bits per heavy atom. The van der Waals surface area contributed by atoms with Crippen molar-refractivity contribution in [3.63, 3.8) is 0 Å². The fourth-order valence-corrected chi connectivity index (χ4v) is 0.677. The van der Waals surface area contributed by atoms with E-state index in [1.54, 1.807) is 7.11 Å². The van der Waals surface area contributed by atoms with E-state index in [2.05, 4.69) is 0 Å². The number of hydrogen-bond acceptors (Lipinski definition) is 1. The second-order valence-electron chi connectivity index (χ2n) is 1.73. The average molecular weight is 109 g/mol. The Hall–Kier alpha value is -0.690. The first-order valence-corrected chi connectivity index (χ1v) is 2.63. The maximum absolute atomic E-state index is 4.89.